The first kappa shape index (κ1) is 65.5. The molecule has 1 N–H and O–H groups in total. The van der Waals surface area contributed by atoms with Crippen molar-refractivity contribution in [3.05, 3.63) is 72.9 Å². The van der Waals surface area contributed by atoms with Crippen molar-refractivity contribution in [2.75, 3.05) is 47.5 Å². The first-order valence-electron chi connectivity index (χ1n) is 27.7. The smallest absolute Gasteiger partial charge is 0.462 e. The molecule has 0 aliphatic heterocycles. The molecule has 0 spiro atoms. The molecule has 0 heterocycles. The fourth-order valence-electron chi connectivity index (χ4n) is 7.49. The minimum atomic E-state index is -4.38. The summed E-state index contributed by atoms with van der Waals surface area (Å²) in [6.07, 6.45) is 63.9. The summed E-state index contributed by atoms with van der Waals surface area (Å²) >= 11 is 0. The molecule has 0 aliphatic carbocycles. The summed E-state index contributed by atoms with van der Waals surface area (Å²) in [5, 5.41) is 0. The molecule has 0 aromatic rings. The van der Waals surface area contributed by atoms with Crippen LogP contribution in [0.2, 0.25) is 0 Å². The van der Waals surface area contributed by atoms with Crippen LogP contribution in [0.1, 0.15) is 232 Å². The van der Waals surface area contributed by atoms with E-state index in [0.717, 1.165) is 77.0 Å². The lowest BCUT2D eigenvalue weighted by Crippen LogP contribution is -2.37. The van der Waals surface area contributed by atoms with Gasteiger partial charge in [0.25, 0.3) is 0 Å². The number of quaternary nitrogens is 1. The van der Waals surface area contributed by atoms with Crippen LogP contribution in [0.25, 0.3) is 0 Å². The molecule has 0 fully saturated rings. The van der Waals surface area contributed by atoms with Crippen LogP contribution in [0.3, 0.4) is 0 Å². The predicted octanol–water partition coefficient (Wildman–Crippen LogP) is 16.9. The predicted molar refractivity (Wildman–Crippen MR) is 289 cm³/mol. The van der Waals surface area contributed by atoms with Crippen LogP contribution in [-0.2, 0) is 32.7 Å². The van der Waals surface area contributed by atoms with Crippen LogP contribution in [-0.4, -0.2) is 74.9 Å². The van der Waals surface area contributed by atoms with E-state index < -0.39 is 26.5 Å². The van der Waals surface area contributed by atoms with Gasteiger partial charge in [-0.25, -0.2) is 4.57 Å². The van der Waals surface area contributed by atoms with Gasteiger partial charge in [0, 0.05) is 12.8 Å². The average Bonchev–Trinajstić information content (AvgIpc) is 3.30. The number of carbonyl (C=O) groups excluding carboxylic acids is 2. The zero-order valence-corrected chi connectivity index (χ0v) is 45.5. The molecule has 2 unspecified atom stereocenters. The summed E-state index contributed by atoms with van der Waals surface area (Å²) in [5.41, 5.74) is 0. The van der Waals surface area contributed by atoms with Gasteiger partial charge in [-0.05, 0) is 64.2 Å². The van der Waals surface area contributed by atoms with E-state index in [9.17, 15) is 19.0 Å². The zero-order valence-electron chi connectivity index (χ0n) is 44.6. The average molecular weight is 975 g/mol. The van der Waals surface area contributed by atoms with E-state index in [1.54, 1.807) is 0 Å². The minimum Gasteiger partial charge on any atom is -0.462 e. The molecule has 0 aromatic heterocycles. The second-order valence-electron chi connectivity index (χ2n) is 19.6. The Balaban J connectivity index is 4.11. The third-order valence-corrected chi connectivity index (χ3v) is 12.7. The van der Waals surface area contributed by atoms with Gasteiger partial charge in [-0.2, -0.15) is 0 Å². The molecule has 0 amide bonds. The lowest BCUT2D eigenvalue weighted by Gasteiger charge is -2.24. The van der Waals surface area contributed by atoms with E-state index in [2.05, 4.69) is 86.8 Å². The van der Waals surface area contributed by atoms with E-state index in [1.807, 2.05) is 21.1 Å². The Morgan fingerprint density at radius 1 is 0.471 bits per heavy atom. The number of rotatable bonds is 50. The highest BCUT2D eigenvalue weighted by atomic mass is 31.2. The van der Waals surface area contributed by atoms with Crippen molar-refractivity contribution in [3.63, 3.8) is 0 Å². The van der Waals surface area contributed by atoms with Crippen LogP contribution < -0.4 is 0 Å². The van der Waals surface area contributed by atoms with Crippen molar-refractivity contribution in [1.29, 1.82) is 0 Å². The van der Waals surface area contributed by atoms with E-state index in [4.69, 9.17) is 18.5 Å². The fourth-order valence-corrected chi connectivity index (χ4v) is 8.23. The Morgan fingerprint density at radius 2 is 0.838 bits per heavy atom. The Labute approximate surface area is 418 Å². The van der Waals surface area contributed by atoms with Gasteiger partial charge in [-0.15, -0.1) is 0 Å². The maximum atomic E-state index is 12.8. The van der Waals surface area contributed by atoms with Gasteiger partial charge in [-0.3, -0.25) is 18.6 Å². The molecular formula is C58H105NO8P+. The summed E-state index contributed by atoms with van der Waals surface area (Å²) in [5.74, 6) is -0.796. The van der Waals surface area contributed by atoms with Gasteiger partial charge in [0.2, 0.25) is 0 Å². The highest BCUT2D eigenvalue weighted by Crippen LogP contribution is 2.43. The second-order valence-corrected chi connectivity index (χ2v) is 21.0. The molecule has 0 saturated carbocycles. The molecule has 0 rings (SSSR count). The molecule has 0 radical (unpaired) electrons. The molecule has 0 bridgehead atoms. The number of phosphoric acid groups is 1. The van der Waals surface area contributed by atoms with Crippen molar-refractivity contribution in [2.45, 2.75) is 238 Å². The van der Waals surface area contributed by atoms with Crippen LogP contribution in [0.4, 0.5) is 0 Å². The molecule has 394 valence electrons. The van der Waals surface area contributed by atoms with Gasteiger partial charge < -0.3 is 18.9 Å². The van der Waals surface area contributed by atoms with E-state index in [1.165, 1.54) is 122 Å². The lowest BCUT2D eigenvalue weighted by atomic mass is 10.0. The normalized spacial score (nSPS) is 13.9. The second kappa shape index (κ2) is 49.4. The van der Waals surface area contributed by atoms with Crippen molar-refractivity contribution < 1.29 is 42.1 Å². The van der Waals surface area contributed by atoms with Crippen LogP contribution in [0.5, 0.6) is 0 Å². The van der Waals surface area contributed by atoms with Crippen molar-refractivity contribution >= 4 is 19.8 Å². The molecular weight excluding hydrogens is 870 g/mol. The quantitative estimate of drug-likeness (QED) is 0.0211. The Morgan fingerprint density at radius 3 is 1.25 bits per heavy atom. The standard InChI is InChI=1S/C58H104NO8P/c1-6-8-10-12-14-16-18-20-21-22-23-24-25-26-27-28-29-30-31-32-33-34-35-36-37-39-41-43-45-47-49-51-58(61)67-56(55-66-68(62,63)65-53-52-59(3,4)5)54-64-57(60)50-48-46-44-42-40-38-19-17-15-13-11-9-7-2/h8,10,14,16,20-21,23-24,26-27,29-30,56H,6-7,9,11-13,15,17-19,22,25,28,31-55H2,1-5H3/p+1/b10-8-,16-14-,21-20-,24-23-,27-26-,30-29-. The topological polar surface area (TPSA) is 108 Å². The number of nitrogens with zero attached hydrogens (tertiary/aromatic N) is 1. The monoisotopic (exact) mass is 975 g/mol. The van der Waals surface area contributed by atoms with E-state index in [0.29, 0.717) is 17.4 Å². The summed E-state index contributed by atoms with van der Waals surface area (Å²) in [4.78, 5) is 35.6. The SMILES string of the molecule is CC/C=C\C/C=C\C/C=C\C/C=C\C/C=C\C/C=C\CCCCCCCCCCCCCCC(=O)OC(COC(=O)CCCCCCCCCCCCCCC)COP(=O)(O)OCC[N+](C)(C)C. The zero-order chi connectivity index (χ0) is 49.9. The third-order valence-electron chi connectivity index (χ3n) is 11.8. The summed E-state index contributed by atoms with van der Waals surface area (Å²) in [7, 11) is 1.48. The van der Waals surface area contributed by atoms with E-state index in [-0.39, 0.29) is 32.0 Å². The highest BCUT2D eigenvalue weighted by molar-refractivity contribution is 7.47. The van der Waals surface area contributed by atoms with Gasteiger partial charge in [0.05, 0.1) is 27.7 Å². The third kappa shape index (κ3) is 52.8. The van der Waals surface area contributed by atoms with Crippen molar-refractivity contribution in [2.24, 2.45) is 0 Å². The number of ether oxygens (including phenoxy) is 2. The maximum Gasteiger partial charge on any atom is 0.472 e. The first-order chi connectivity index (χ1) is 33.0. The first-order valence-corrected chi connectivity index (χ1v) is 29.2. The van der Waals surface area contributed by atoms with Gasteiger partial charge in [0.1, 0.15) is 19.8 Å². The number of phosphoric ester groups is 1. The maximum absolute atomic E-state index is 12.8. The number of hydrogen-bond donors (Lipinski definition) is 1. The number of esters is 2. The summed E-state index contributed by atoms with van der Waals surface area (Å²) in [6.45, 7) is 4.32. The van der Waals surface area contributed by atoms with E-state index >= 15 is 0 Å². The minimum absolute atomic E-state index is 0.0304. The number of allylic oxidation sites excluding steroid dienone is 12. The largest absolute Gasteiger partial charge is 0.472 e. The van der Waals surface area contributed by atoms with Crippen LogP contribution >= 0.6 is 7.82 Å². The fraction of sp³-hybridized carbons (Fsp3) is 0.759. The highest BCUT2D eigenvalue weighted by Gasteiger charge is 2.27. The Kier molecular flexibility index (Phi) is 47.6. The van der Waals surface area contributed by atoms with Gasteiger partial charge >= 0.3 is 19.8 Å². The number of carbonyl (C=O) groups is 2. The number of likely N-dealkylation sites (N-methyl/N-ethyl adjacent to an activating group) is 1. The summed E-state index contributed by atoms with van der Waals surface area (Å²) < 4.78 is 34.5. The molecule has 0 aromatic carbocycles. The van der Waals surface area contributed by atoms with Crippen LogP contribution in [0, 0.1) is 0 Å². The molecule has 0 saturated heterocycles. The Bertz CT molecular complexity index is 1380. The molecule has 2 atom stereocenters. The molecule has 68 heavy (non-hydrogen) atoms. The van der Waals surface area contributed by atoms with Gasteiger partial charge in [0.15, 0.2) is 6.10 Å². The van der Waals surface area contributed by atoms with Crippen LogP contribution in [0.15, 0.2) is 72.9 Å². The van der Waals surface area contributed by atoms with Crippen molar-refractivity contribution in [1.82, 2.24) is 0 Å². The molecule has 9 nitrogen and oxygen atoms in total. The van der Waals surface area contributed by atoms with Crippen molar-refractivity contribution in [3.8, 4) is 0 Å². The summed E-state index contributed by atoms with van der Waals surface area (Å²) in [6, 6.07) is 0. The molecule has 10 heteroatoms. The number of hydrogen-bond acceptors (Lipinski definition) is 7. The number of unbranched alkanes of at least 4 members (excludes halogenated alkanes) is 24. The molecule has 0 aliphatic rings. The lowest BCUT2D eigenvalue weighted by molar-refractivity contribution is -0.870. The van der Waals surface area contributed by atoms with Gasteiger partial charge in [-0.1, -0.05) is 228 Å². The Hall–Kier alpha value is -2.55.